The Morgan fingerprint density at radius 2 is 2.31 bits per heavy atom. The number of rotatable bonds is 0. The summed E-state index contributed by atoms with van der Waals surface area (Å²) in [5.41, 5.74) is 2.95. The van der Waals surface area contributed by atoms with Gasteiger partial charge < -0.3 is 5.21 Å². The first-order chi connectivity index (χ1) is 6.22. The number of hydrogen-bond acceptors (Lipinski definition) is 2. The van der Waals surface area contributed by atoms with E-state index in [2.05, 4.69) is 12.1 Å². The van der Waals surface area contributed by atoms with E-state index in [1.807, 2.05) is 18.2 Å². The molecular weight excluding hydrogens is 186 g/mol. The molecule has 0 aliphatic heterocycles. The minimum Gasteiger partial charge on any atom is -0.411 e. The van der Waals surface area contributed by atoms with Crippen LogP contribution in [0.15, 0.2) is 23.4 Å². The largest absolute Gasteiger partial charge is 0.411 e. The molecule has 13 heavy (non-hydrogen) atoms. The summed E-state index contributed by atoms with van der Waals surface area (Å²) in [6, 6.07) is 5.73. The molecule has 0 saturated carbocycles. The summed E-state index contributed by atoms with van der Waals surface area (Å²) in [4.78, 5) is 0. The highest BCUT2D eigenvalue weighted by Gasteiger charge is 2.24. The molecule has 1 aliphatic rings. The van der Waals surface area contributed by atoms with E-state index >= 15 is 0 Å². The van der Waals surface area contributed by atoms with E-state index in [0.717, 1.165) is 17.7 Å². The van der Waals surface area contributed by atoms with Crippen molar-refractivity contribution in [1.29, 1.82) is 0 Å². The van der Waals surface area contributed by atoms with E-state index < -0.39 is 0 Å². The molecule has 1 atom stereocenters. The fourth-order valence-electron chi connectivity index (χ4n) is 1.81. The van der Waals surface area contributed by atoms with Crippen LogP contribution in [0.1, 0.15) is 30.4 Å². The fraction of sp³-hybridized carbons (Fsp3) is 0.300. The van der Waals surface area contributed by atoms with Gasteiger partial charge in [-0.1, -0.05) is 29.7 Å². The number of fused-ring (bicyclic) bond motifs is 1. The molecule has 2 nitrogen and oxygen atoms in total. The molecule has 1 aromatic rings. The number of benzene rings is 1. The maximum absolute atomic E-state index is 8.77. The third kappa shape index (κ3) is 1.31. The van der Waals surface area contributed by atoms with Gasteiger partial charge in [-0.05, 0) is 23.6 Å². The van der Waals surface area contributed by atoms with Crippen LogP contribution in [0, 0.1) is 0 Å². The highest BCUT2D eigenvalue weighted by molar-refractivity contribution is 6.31. The Morgan fingerprint density at radius 3 is 3.00 bits per heavy atom. The molecule has 1 N–H and O–H groups in total. The molecule has 1 aliphatic carbocycles. The van der Waals surface area contributed by atoms with Gasteiger partial charge in [0.1, 0.15) is 0 Å². The minimum atomic E-state index is 0.429. The first-order valence-electron chi connectivity index (χ1n) is 4.23. The minimum absolute atomic E-state index is 0.429. The summed E-state index contributed by atoms with van der Waals surface area (Å²) in [5.74, 6) is 0.429. The standard InChI is InChI=1S/C10H10ClNO/c1-6-4-10(12-13)9-5-7(11)2-3-8(6)9/h2-3,5-6,13H,4H2,1H3/b12-10+. The molecule has 0 fully saturated rings. The molecule has 1 unspecified atom stereocenters. The summed E-state index contributed by atoms with van der Waals surface area (Å²) in [6.45, 7) is 2.12. The van der Waals surface area contributed by atoms with Crippen LogP contribution in [-0.4, -0.2) is 10.9 Å². The molecule has 68 valence electrons. The summed E-state index contributed by atoms with van der Waals surface area (Å²) in [6.07, 6.45) is 0.798. The molecule has 0 heterocycles. The molecule has 0 aromatic heterocycles. The number of oxime groups is 1. The monoisotopic (exact) mass is 195 g/mol. The van der Waals surface area contributed by atoms with Crippen LogP contribution in [0.3, 0.4) is 0 Å². The zero-order valence-electron chi connectivity index (χ0n) is 7.29. The quantitative estimate of drug-likeness (QED) is 0.501. The molecule has 0 saturated heterocycles. The smallest absolute Gasteiger partial charge is 0.0877 e. The van der Waals surface area contributed by atoms with E-state index in [4.69, 9.17) is 16.8 Å². The summed E-state index contributed by atoms with van der Waals surface area (Å²) in [7, 11) is 0. The van der Waals surface area contributed by atoms with Crippen molar-refractivity contribution < 1.29 is 5.21 Å². The third-order valence-corrected chi connectivity index (χ3v) is 2.71. The van der Waals surface area contributed by atoms with Crippen LogP contribution in [-0.2, 0) is 0 Å². The van der Waals surface area contributed by atoms with E-state index in [1.165, 1.54) is 5.56 Å². The Labute approximate surface area is 81.8 Å². The van der Waals surface area contributed by atoms with E-state index in [1.54, 1.807) is 0 Å². The highest BCUT2D eigenvalue weighted by Crippen LogP contribution is 2.34. The summed E-state index contributed by atoms with van der Waals surface area (Å²) < 4.78 is 0. The Bertz CT molecular complexity index is 373. The normalized spacial score (nSPS) is 23.5. The average molecular weight is 196 g/mol. The number of nitrogens with zero attached hydrogens (tertiary/aromatic N) is 1. The lowest BCUT2D eigenvalue weighted by Crippen LogP contribution is -1.93. The van der Waals surface area contributed by atoms with Gasteiger partial charge in [0.15, 0.2) is 0 Å². The van der Waals surface area contributed by atoms with Crippen molar-refractivity contribution in [2.45, 2.75) is 19.3 Å². The average Bonchev–Trinajstić information content (AvgIpc) is 2.42. The van der Waals surface area contributed by atoms with Crippen molar-refractivity contribution in [3.63, 3.8) is 0 Å². The lowest BCUT2D eigenvalue weighted by molar-refractivity contribution is 0.318. The van der Waals surface area contributed by atoms with Crippen LogP contribution in [0.2, 0.25) is 5.02 Å². The Morgan fingerprint density at radius 1 is 1.54 bits per heavy atom. The van der Waals surface area contributed by atoms with Gasteiger partial charge in [0.05, 0.1) is 5.71 Å². The van der Waals surface area contributed by atoms with Gasteiger partial charge in [0, 0.05) is 17.0 Å². The fourth-order valence-corrected chi connectivity index (χ4v) is 1.98. The second kappa shape index (κ2) is 3.04. The molecule has 0 bridgehead atoms. The van der Waals surface area contributed by atoms with Crippen LogP contribution >= 0.6 is 11.6 Å². The molecule has 2 rings (SSSR count). The lowest BCUT2D eigenvalue weighted by atomic mass is 10.0. The molecule has 0 radical (unpaired) electrons. The van der Waals surface area contributed by atoms with Gasteiger partial charge in [-0.25, -0.2) is 0 Å². The van der Waals surface area contributed by atoms with E-state index in [9.17, 15) is 0 Å². The van der Waals surface area contributed by atoms with Gasteiger partial charge in [0.2, 0.25) is 0 Å². The van der Waals surface area contributed by atoms with Gasteiger partial charge in [-0.3, -0.25) is 0 Å². The zero-order valence-corrected chi connectivity index (χ0v) is 8.04. The van der Waals surface area contributed by atoms with E-state index in [0.29, 0.717) is 10.9 Å². The van der Waals surface area contributed by atoms with Crippen LogP contribution in [0.5, 0.6) is 0 Å². The number of halogens is 1. The van der Waals surface area contributed by atoms with Crippen molar-refractivity contribution in [1.82, 2.24) is 0 Å². The summed E-state index contributed by atoms with van der Waals surface area (Å²) >= 11 is 5.86. The van der Waals surface area contributed by atoms with Crippen LogP contribution < -0.4 is 0 Å². The van der Waals surface area contributed by atoms with Crippen molar-refractivity contribution in [2.75, 3.05) is 0 Å². The van der Waals surface area contributed by atoms with Crippen molar-refractivity contribution in [3.8, 4) is 0 Å². The second-order valence-corrected chi connectivity index (χ2v) is 3.82. The molecule has 1 aromatic carbocycles. The first kappa shape index (κ1) is 8.57. The van der Waals surface area contributed by atoms with Crippen molar-refractivity contribution in [3.05, 3.63) is 34.3 Å². The van der Waals surface area contributed by atoms with Gasteiger partial charge in [-0.15, -0.1) is 0 Å². The maximum atomic E-state index is 8.77. The maximum Gasteiger partial charge on any atom is 0.0877 e. The molecule has 3 heteroatoms. The Kier molecular flexibility index (Phi) is 2.00. The molecular formula is C10H10ClNO. The highest BCUT2D eigenvalue weighted by atomic mass is 35.5. The SMILES string of the molecule is CC1C/C(=N\O)c2cc(Cl)ccc21. The van der Waals surface area contributed by atoms with Gasteiger partial charge in [0.25, 0.3) is 0 Å². The van der Waals surface area contributed by atoms with Crippen molar-refractivity contribution >= 4 is 17.3 Å². The van der Waals surface area contributed by atoms with Crippen LogP contribution in [0.4, 0.5) is 0 Å². The second-order valence-electron chi connectivity index (χ2n) is 3.38. The van der Waals surface area contributed by atoms with Gasteiger partial charge in [-0.2, -0.15) is 0 Å². The number of hydrogen-bond donors (Lipinski definition) is 1. The van der Waals surface area contributed by atoms with E-state index in [-0.39, 0.29) is 0 Å². The van der Waals surface area contributed by atoms with Crippen LogP contribution in [0.25, 0.3) is 0 Å². The first-order valence-corrected chi connectivity index (χ1v) is 4.61. The summed E-state index contributed by atoms with van der Waals surface area (Å²) in [5, 5.41) is 12.7. The Hall–Kier alpha value is -1.02. The van der Waals surface area contributed by atoms with Gasteiger partial charge >= 0.3 is 0 Å². The predicted molar refractivity (Wildman–Crippen MR) is 52.8 cm³/mol. The third-order valence-electron chi connectivity index (χ3n) is 2.48. The zero-order chi connectivity index (χ0) is 9.42. The van der Waals surface area contributed by atoms with Crippen molar-refractivity contribution in [2.24, 2.45) is 5.16 Å². The molecule has 0 spiro atoms. The molecule has 0 amide bonds. The Balaban J connectivity index is 2.59. The topological polar surface area (TPSA) is 32.6 Å². The predicted octanol–water partition coefficient (Wildman–Crippen LogP) is 3.03. The lowest BCUT2D eigenvalue weighted by Gasteiger charge is -2.02.